The maximum Gasteiger partial charge on any atom is 0.318 e. The zero-order valence-electron chi connectivity index (χ0n) is 17.2. The number of hydrogen-bond donors (Lipinski definition) is 0. The normalized spacial score (nSPS) is 30.3. The van der Waals surface area contributed by atoms with E-state index in [1.807, 2.05) is 13.0 Å². The molecule has 0 spiro atoms. The summed E-state index contributed by atoms with van der Waals surface area (Å²) in [5, 5.41) is -0.0203. The molecule has 6 heteroatoms. The van der Waals surface area contributed by atoms with Crippen molar-refractivity contribution in [2.45, 2.75) is 46.6 Å². The van der Waals surface area contributed by atoms with Crippen LogP contribution in [0.5, 0.6) is 0 Å². The van der Waals surface area contributed by atoms with E-state index in [2.05, 4.69) is 19.9 Å². The van der Waals surface area contributed by atoms with Crippen LogP contribution in [0.1, 0.15) is 41.0 Å². The molecule has 1 saturated heterocycles. The van der Waals surface area contributed by atoms with Crippen LogP contribution in [0.25, 0.3) is 0 Å². The maximum atomic E-state index is 12.9. The second kappa shape index (κ2) is 7.79. The fourth-order valence-corrected chi connectivity index (χ4v) is 4.35. The summed E-state index contributed by atoms with van der Waals surface area (Å²) in [5.41, 5.74) is 0.600. The molecule has 1 aliphatic carbocycles. The summed E-state index contributed by atoms with van der Waals surface area (Å²) in [4.78, 5) is 37.3. The van der Waals surface area contributed by atoms with Gasteiger partial charge in [-0.05, 0) is 38.8 Å². The molecular formula is C23H25ClO5. The SMILES string of the molecule is CC[C@@H](C)/C=C(C)\C=C\C1=CC2=C(Cl)C(=O)[C@@]3(C)OC(=O)[C@H](C(C)=O)[C@H]3C2=CO1. The number of ketones is 2. The molecular weight excluding hydrogens is 392 g/mol. The number of halogens is 1. The molecule has 0 saturated carbocycles. The molecule has 3 aliphatic rings. The van der Waals surface area contributed by atoms with Gasteiger partial charge in [-0.25, -0.2) is 0 Å². The van der Waals surface area contributed by atoms with E-state index in [0.29, 0.717) is 22.8 Å². The van der Waals surface area contributed by atoms with E-state index in [1.165, 1.54) is 20.1 Å². The van der Waals surface area contributed by atoms with Crippen LogP contribution in [0, 0.1) is 17.8 Å². The number of carbonyl (C=O) groups is 3. The second-order valence-corrected chi connectivity index (χ2v) is 8.40. The van der Waals surface area contributed by atoms with Crippen molar-refractivity contribution in [1.29, 1.82) is 0 Å². The Morgan fingerprint density at radius 1 is 1.34 bits per heavy atom. The van der Waals surface area contributed by atoms with Crippen molar-refractivity contribution in [1.82, 2.24) is 0 Å². The highest BCUT2D eigenvalue weighted by molar-refractivity contribution is 6.45. The van der Waals surface area contributed by atoms with E-state index in [1.54, 1.807) is 12.2 Å². The van der Waals surface area contributed by atoms with Crippen molar-refractivity contribution >= 4 is 29.1 Å². The largest absolute Gasteiger partial charge is 0.465 e. The quantitative estimate of drug-likeness (QED) is 0.373. The smallest absolute Gasteiger partial charge is 0.318 e. The van der Waals surface area contributed by atoms with Gasteiger partial charge >= 0.3 is 5.97 Å². The van der Waals surface area contributed by atoms with E-state index in [-0.39, 0.29) is 10.8 Å². The van der Waals surface area contributed by atoms with Gasteiger partial charge in [-0.2, -0.15) is 0 Å². The molecule has 154 valence electrons. The lowest BCUT2D eigenvalue weighted by molar-refractivity contribution is -0.156. The lowest BCUT2D eigenvalue weighted by Gasteiger charge is -2.36. The molecule has 0 unspecified atom stereocenters. The molecule has 1 fully saturated rings. The standard InChI is InChI=1S/C23H25ClO5/c1-6-12(2)9-13(3)7-8-15-10-16-17(11-28-15)19-18(14(4)25)22(27)29-23(19,5)21(26)20(16)24/h7-12,18-19H,6H2,1-5H3/b8-7+,13-9-/t12-,18-,19-,23+/m1/s1. The minimum atomic E-state index is -1.50. The number of ether oxygens (including phenoxy) is 2. The van der Waals surface area contributed by atoms with Crippen LogP contribution < -0.4 is 0 Å². The van der Waals surface area contributed by atoms with Gasteiger partial charge in [-0.1, -0.05) is 49.6 Å². The number of fused-ring (bicyclic) bond motifs is 3. The maximum absolute atomic E-state index is 12.9. The zero-order chi connectivity index (χ0) is 21.5. The molecule has 0 radical (unpaired) electrons. The van der Waals surface area contributed by atoms with Gasteiger partial charge in [0.1, 0.15) is 17.5 Å². The van der Waals surface area contributed by atoms with Gasteiger partial charge in [0.05, 0.1) is 17.2 Å². The van der Waals surface area contributed by atoms with Gasteiger partial charge in [0, 0.05) is 11.1 Å². The number of allylic oxidation sites excluding steroid dienone is 6. The third-order valence-electron chi connectivity index (χ3n) is 5.77. The summed E-state index contributed by atoms with van der Waals surface area (Å²) in [6.07, 6.45) is 10.1. The fraction of sp³-hybridized carbons (Fsp3) is 0.435. The van der Waals surface area contributed by atoms with Gasteiger partial charge in [0.15, 0.2) is 5.60 Å². The Kier molecular flexibility index (Phi) is 5.72. The number of esters is 1. The molecule has 29 heavy (non-hydrogen) atoms. The zero-order valence-corrected chi connectivity index (χ0v) is 18.0. The summed E-state index contributed by atoms with van der Waals surface area (Å²) in [5.74, 6) is -2.37. The Hall–Kier alpha value is -2.40. The average Bonchev–Trinajstić information content (AvgIpc) is 2.96. The van der Waals surface area contributed by atoms with E-state index < -0.39 is 29.2 Å². The van der Waals surface area contributed by atoms with Crippen LogP contribution in [0.3, 0.4) is 0 Å². The third-order valence-corrected chi connectivity index (χ3v) is 6.15. The highest BCUT2D eigenvalue weighted by Crippen LogP contribution is 2.52. The minimum Gasteiger partial charge on any atom is -0.465 e. The summed E-state index contributed by atoms with van der Waals surface area (Å²) in [6, 6.07) is 0. The summed E-state index contributed by atoms with van der Waals surface area (Å²) in [6.45, 7) is 9.11. The minimum absolute atomic E-state index is 0.0203. The summed E-state index contributed by atoms with van der Waals surface area (Å²) >= 11 is 6.36. The summed E-state index contributed by atoms with van der Waals surface area (Å²) < 4.78 is 11.1. The molecule has 2 heterocycles. The van der Waals surface area contributed by atoms with Crippen molar-refractivity contribution in [2.75, 3.05) is 0 Å². The Morgan fingerprint density at radius 3 is 2.66 bits per heavy atom. The number of rotatable bonds is 5. The molecule has 4 atom stereocenters. The van der Waals surface area contributed by atoms with Crippen molar-refractivity contribution in [3.8, 4) is 0 Å². The van der Waals surface area contributed by atoms with Crippen molar-refractivity contribution in [3.05, 3.63) is 58.1 Å². The molecule has 2 aliphatic heterocycles. The first-order valence-electron chi connectivity index (χ1n) is 9.73. The predicted molar refractivity (Wildman–Crippen MR) is 110 cm³/mol. The first kappa shape index (κ1) is 21.3. The first-order valence-corrected chi connectivity index (χ1v) is 10.1. The Labute approximate surface area is 175 Å². The third kappa shape index (κ3) is 3.64. The monoisotopic (exact) mass is 416 g/mol. The van der Waals surface area contributed by atoms with Crippen molar-refractivity contribution in [3.63, 3.8) is 0 Å². The number of Topliss-reactive ketones (excluding diaryl/α,β-unsaturated/α-hetero) is 2. The molecule has 0 bridgehead atoms. The van der Waals surface area contributed by atoms with Gasteiger partial charge in [-0.3, -0.25) is 14.4 Å². The van der Waals surface area contributed by atoms with E-state index in [9.17, 15) is 14.4 Å². The molecule has 0 aromatic rings. The molecule has 0 amide bonds. The highest BCUT2D eigenvalue weighted by atomic mass is 35.5. The molecule has 0 N–H and O–H groups in total. The lowest BCUT2D eigenvalue weighted by atomic mass is 9.68. The Morgan fingerprint density at radius 2 is 2.03 bits per heavy atom. The van der Waals surface area contributed by atoms with Crippen LogP contribution in [0.2, 0.25) is 0 Å². The van der Waals surface area contributed by atoms with Crippen LogP contribution in [0.4, 0.5) is 0 Å². The van der Waals surface area contributed by atoms with Crippen LogP contribution in [-0.4, -0.2) is 23.1 Å². The van der Waals surface area contributed by atoms with Crippen molar-refractivity contribution in [2.24, 2.45) is 17.8 Å². The van der Waals surface area contributed by atoms with Crippen molar-refractivity contribution < 1.29 is 23.9 Å². The lowest BCUT2D eigenvalue weighted by Crippen LogP contribution is -2.47. The topological polar surface area (TPSA) is 69.7 Å². The Bertz CT molecular complexity index is 933. The highest BCUT2D eigenvalue weighted by Gasteiger charge is 2.63. The Balaban J connectivity index is 1.98. The second-order valence-electron chi connectivity index (χ2n) is 8.02. The van der Waals surface area contributed by atoms with E-state index in [0.717, 1.165) is 12.0 Å². The van der Waals surface area contributed by atoms with Crippen LogP contribution in [0.15, 0.2) is 58.1 Å². The van der Waals surface area contributed by atoms with E-state index >= 15 is 0 Å². The van der Waals surface area contributed by atoms with Crippen LogP contribution >= 0.6 is 11.6 Å². The van der Waals surface area contributed by atoms with Crippen LogP contribution in [-0.2, 0) is 23.9 Å². The fourth-order valence-electron chi connectivity index (χ4n) is 4.00. The number of carbonyl (C=O) groups excluding carboxylic acids is 3. The van der Waals surface area contributed by atoms with E-state index in [4.69, 9.17) is 21.1 Å². The average molecular weight is 417 g/mol. The summed E-state index contributed by atoms with van der Waals surface area (Å²) in [7, 11) is 0. The van der Waals surface area contributed by atoms with Gasteiger partial charge in [0.25, 0.3) is 0 Å². The van der Waals surface area contributed by atoms with Gasteiger partial charge in [0.2, 0.25) is 5.78 Å². The number of hydrogen-bond acceptors (Lipinski definition) is 5. The van der Waals surface area contributed by atoms with Gasteiger partial charge < -0.3 is 9.47 Å². The molecule has 5 nitrogen and oxygen atoms in total. The van der Waals surface area contributed by atoms with Gasteiger partial charge in [-0.15, -0.1) is 0 Å². The molecule has 0 aromatic carbocycles. The molecule has 0 aromatic heterocycles. The predicted octanol–water partition coefficient (Wildman–Crippen LogP) is 4.55. The molecule has 3 rings (SSSR count). The first-order chi connectivity index (χ1) is 13.6.